The summed E-state index contributed by atoms with van der Waals surface area (Å²) in [5.74, 6) is -0.793. The predicted molar refractivity (Wildman–Crippen MR) is 199 cm³/mol. The van der Waals surface area contributed by atoms with Crippen molar-refractivity contribution in [2.75, 3.05) is 26.0 Å². The number of anilines is 1. The normalized spacial score (nSPS) is 21.6. The Morgan fingerprint density at radius 3 is 2.40 bits per heavy atom. The molecule has 1 saturated heterocycles. The van der Waals surface area contributed by atoms with Crippen LogP contribution in [0.5, 0.6) is 5.88 Å². The van der Waals surface area contributed by atoms with Gasteiger partial charge >= 0.3 is 6.09 Å². The number of pyridine rings is 2. The molecule has 0 unspecified atom stereocenters. The number of aromatic nitrogens is 2. The quantitative estimate of drug-likeness (QED) is 0.348. The second-order valence-corrected chi connectivity index (χ2v) is 15.8. The highest BCUT2D eigenvalue weighted by molar-refractivity contribution is 6.30. The maximum absolute atomic E-state index is 14.4. The molecule has 2 aromatic rings. The molecule has 3 atom stereocenters. The lowest BCUT2D eigenvalue weighted by molar-refractivity contribution is -0.146. The van der Waals surface area contributed by atoms with Crippen molar-refractivity contribution in [2.45, 2.75) is 129 Å². The molecule has 2 N–H and O–H groups in total. The molecule has 0 aromatic carbocycles. The number of hydrogen-bond acceptors (Lipinski definition) is 8. The van der Waals surface area contributed by atoms with Crippen LogP contribution < -0.4 is 20.9 Å². The van der Waals surface area contributed by atoms with Crippen molar-refractivity contribution in [2.24, 2.45) is 5.92 Å². The molecule has 52 heavy (non-hydrogen) atoms. The highest BCUT2D eigenvalue weighted by Gasteiger charge is 2.37. The molecule has 4 amide bonds. The van der Waals surface area contributed by atoms with E-state index in [2.05, 4.69) is 15.6 Å². The molecular weight excluding hydrogens is 688 g/mol. The molecule has 2 aliphatic rings. The van der Waals surface area contributed by atoms with Gasteiger partial charge in [0.05, 0.1) is 5.02 Å². The Morgan fingerprint density at radius 1 is 1.04 bits per heavy atom. The summed E-state index contributed by atoms with van der Waals surface area (Å²) in [7, 11) is 3.32. The standard InChI is InChI=1S/C38H55ClN6O7/c1-24(2)20-29-34(47)44(7)31(22-25-21-26(39)23-40-33(25)51-27-16-17-27)36(49)43(6)18-12-10-8-9-11-15-30(32(46)41-29)45-19-13-14-28(35(45)48)42-37(50)52-38(3,4)5/h13-14,19,21,23-24,27,29-31H,8-12,15-18,20,22H2,1-7H3,(H,41,46)(H,42,50)/t29-,30-,31-/m0/s1. The lowest BCUT2D eigenvalue weighted by Gasteiger charge is -2.34. The van der Waals surface area contributed by atoms with E-state index in [-0.39, 0.29) is 30.0 Å². The SMILES string of the molecule is CC(C)C[C@@H]1NC(=O)[C@@H](n2cccc(NC(=O)OC(C)(C)C)c2=O)CCCCCCCN(C)C(=O)[C@H](Cc2cc(Cl)cnc2OC2CC2)N(C)C1=O. The van der Waals surface area contributed by atoms with E-state index in [1.54, 1.807) is 51.9 Å². The van der Waals surface area contributed by atoms with Crippen LogP contribution in [0.25, 0.3) is 0 Å². The molecule has 0 bridgehead atoms. The Kier molecular flexibility index (Phi) is 14.1. The van der Waals surface area contributed by atoms with Gasteiger partial charge in [0.15, 0.2) is 0 Å². The maximum atomic E-state index is 14.4. The minimum Gasteiger partial charge on any atom is -0.474 e. The lowest BCUT2D eigenvalue weighted by Crippen LogP contribution is -2.56. The summed E-state index contributed by atoms with van der Waals surface area (Å²) in [5.41, 5.74) is -0.760. The third kappa shape index (κ3) is 11.7. The molecule has 0 radical (unpaired) electrons. The van der Waals surface area contributed by atoms with Gasteiger partial charge in [-0.1, -0.05) is 51.1 Å². The van der Waals surface area contributed by atoms with E-state index in [4.69, 9.17) is 21.1 Å². The van der Waals surface area contributed by atoms with E-state index >= 15 is 0 Å². The summed E-state index contributed by atoms with van der Waals surface area (Å²) >= 11 is 6.36. The summed E-state index contributed by atoms with van der Waals surface area (Å²) in [6, 6.07) is 1.87. The molecular formula is C38H55ClN6O7. The minimum absolute atomic E-state index is 0.00303. The number of hydrogen-bond donors (Lipinski definition) is 2. The molecule has 13 nitrogen and oxygen atoms in total. The Morgan fingerprint density at radius 2 is 1.73 bits per heavy atom. The van der Waals surface area contributed by atoms with Gasteiger partial charge in [0, 0.05) is 45.0 Å². The summed E-state index contributed by atoms with van der Waals surface area (Å²) in [6.07, 6.45) is 8.81. The van der Waals surface area contributed by atoms with Crippen molar-refractivity contribution in [3.05, 3.63) is 51.5 Å². The first-order chi connectivity index (χ1) is 24.5. The monoisotopic (exact) mass is 742 g/mol. The Hall–Kier alpha value is -4.13. The smallest absolute Gasteiger partial charge is 0.412 e. The van der Waals surface area contributed by atoms with Crippen LogP contribution >= 0.6 is 11.6 Å². The Balaban J connectivity index is 1.68. The van der Waals surface area contributed by atoms with Gasteiger partial charge in [0.25, 0.3) is 5.56 Å². The molecule has 0 spiro atoms. The van der Waals surface area contributed by atoms with Crippen molar-refractivity contribution < 1.29 is 28.7 Å². The molecule has 1 saturated carbocycles. The van der Waals surface area contributed by atoms with Crippen molar-refractivity contribution in [1.29, 1.82) is 0 Å². The van der Waals surface area contributed by atoms with E-state index in [1.807, 2.05) is 13.8 Å². The molecule has 2 aromatic heterocycles. The summed E-state index contributed by atoms with van der Waals surface area (Å²) in [5, 5.41) is 5.86. The van der Waals surface area contributed by atoms with Gasteiger partial charge in [-0.2, -0.15) is 0 Å². The Labute approximate surface area is 311 Å². The van der Waals surface area contributed by atoms with Crippen molar-refractivity contribution >= 4 is 41.1 Å². The number of halogens is 1. The van der Waals surface area contributed by atoms with Crippen LogP contribution in [0.15, 0.2) is 35.4 Å². The highest BCUT2D eigenvalue weighted by Crippen LogP contribution is 2.30. The highest BCUT2D eigenvalue weighted by atomic mass is 35.5. The van der Waals surface area contributed by atoms with Gasteiger partial charge in [-0.15, -0.1) is 0 Å². The second kappa shape index (κ2) is 18.1. The molecule has 4 rings (SSSR count). The topological polar surface area (TPSA) is 152 Å². The first-order valence-electron chi connectivity index (χ1n) is 18.4. The van der Waals surface area contributed by atoms with Gasteiger partial charge in [-0.05, 0) is 77.0 Å². The number of nitrogens with one attached hydrogen (secondary N) is 2. The summed E-state index contributed by atoms with van der Waals surface area (Å²) < 4.78 is 12.7. The van der Waals surface area contributed by atoms with Crippen LogP contribution in [0.3, 0.4) is 0 Å². The number of amides is 4. The van der Waals surface area contributed by atoms with Gasteiger partial charge in [-0.25, -0.2) is 9.78 Å². The number of carbonyl (C=O) groups excluding carboxylic acids is 4. The van der Waals surface area contributed by atoms with Crippen molar-refractivity contribution in [3.63, 3.8) is 0 Å². The summed E-state index contributed by atoms with van der Waals surface area (Å²) in [4.78, 5) is 76.6. The summed E-state index contributed by atoms with van der Waals surface area (Å²) in [6.45, 7) is 9.56. The molecule has 14 heteroatoms. The third-order valence-corrected chi connectivity index (χ3v) is 9.33. The number of nitrogens with zero attached hydrogens (tertiary/aromatic N) is 4. The van der Waals surface area contributed by atoms with E-state index in [0.717, 1.165) is 38.5 Å². The van der Waals surface area contributed by atoms with Crippen LogP contribution in [0.4, 0.5) is 10.5 Å². The van der Waals surface area contributed by atoms with Crippen LogP contribution in [0.2, 0.25) is 5.02 Å². The average Bonchev–Trinajstić information content (AvgIpc) is 3.88. The van der Waals surface area contributed by atoms with Crippen molar-refractivity contribution in [3.8, 4) is 5.88 Å². The molecule has 1 aliphatic heterocycles. The number of ether oxygens (including phenoxy) is 2. The first kappa shape index (κ1) is 40.6. The van der Waals surface area contributed by atoms with E-state index < -0.39 is 47.2 Å². The van der Waals surface area contributed by atoms with Crippen molar-refractivity contribution in [1.82, 2.24) is 24.7 Å². The molecule has 3 heterocycles. The fourth-order valence-electron chi connectivity index (χ4n) is 6.27. The van der Waals surface area contributed by atoms with E-state index in [0.29, 0.717) is 42.3 Å². The van der Waals surface area contributed by atoms with Crippen LogP contribution in [0, 0.1) is 5.92 Å². The first-order valence-corrected chi connectivity index (χ1v) is 18.8. The average molecular weight is 743 g/mol. The van der Waals surface area contributed by atoms with E-state index in [1.165, 1.54) is 27.9 Å². The zero-order valence-corrected chi connectivity index (χ0v) is 32.3. The predicted octanol–water partition coefficient (Wildman–Crippen LogP) is 5.74. The molecule has 1 aliphatic carbocycles. The Bertz CT molecular complexity index is 1640. The van der Waals surface area contributed by atoms with Crippen LogP contribution in [-0.2, 0) is 25.5 Å². The van der Waals surface area contributed by atoms with Crippen LogP contribution in [-0.4, -0.2) is 87.6 Å². The number of carbonyl (C=O) groups is 4. The van der Waals surface area contributed by atoms with Gasteiger partial charge in [0.2, 0.25) is 23.6 Å². The van der Waals surface area contributed by atoms with Gasteiger partial charge < -0.3 is 29.2 Å². The minimum atomic E-state index is -0.994. The zero-order chi connectivity index (χ0) is 38.2. The zero-order valence-electron chi connectivity index (χ0n) is 31.6. The lowest BCUT2D eigenvalue weighted by atomic mass is 9.98. The van der Waals surface area contributed by atoms with Gasteiger partial charge in [-0.3, -0.25) is 24.5 Å². The number of rotatable bonds is 8. The fraction of sp³-hybridized carbons (Fsp3) is 0.632. The largest absolute Gasteiger partial charge is 0.474 e. The second-order valence-electron chi connectivity index (χ2n) is 15.4. The molecule has 286 valence electrons. The third-order valence-electron chi connectivity index (χ3n) is 9.13. The van der Waals surface area contributed by atoms with E-state index in [9.17, 15) is 24.0 Å². The van der Waals surface area contributed by atoms with Crippen LogP contribution in [0.1, 0.15) is 104 Å². The fourth-order valence-corrected chi connectivity index (χ4v) is 6.45. The number of likely N-dealkylation sites (N-methyl/N-ethyl adjacent to an activating group) is 2. The molecule has 2 fully saturated rings. The maximum Gasteiger partial charge on any atom is 0.412 e. The van der Waals surface area contributed by atoms with Gasteiger partial charge in [0.1, 0.15) is 35.5 Å².